The van der Waals surface area contributed by atoms with Gasteiger partial charge in [-0.2, -0.15) is 0 Å². The molecule has 1 aromatic heterocycles. The molecular formula is C25H29FN4O3. The summed E-state index contributed by atoms with van der Waals surface area (Å²) in [5.41, 5.74) is 0.597. The molecular weight excluding hydrogens is 423 g/mol. The maximum atomic E-state index is 14.1. The maximum absolute atomic E-state index is 14.1. The number of fused-ring (bicyclic) bond motifs is 1. The van der Waals surface area contributed by atoms with Gasteiger partial charge in [0.15, 0.2) is 0 Å². The summed E-state index contributed by atoms with van der Waals surface area (Å²) in [6.07, 6.45) is 0. The minimum atomic E-state index is -0.762. The number of aromatic hydroxyl groups is 1. The summed E-state index contributed by atoms with van der Waals surface area (Å²) >= 11 is 0. The summed E-state index contributed by atoms with van der Waals surface area (Å²) in [5.74, 6) is -1.48. The molecule has 1 fully saturated rings. The van der Waals surface area contributed by atoms with Crippen LogP contribution in [-0.2, 0) is 6.54 Å². The Kier molecular flexibility index (Phi) is 6.37. The lowest BCUT2D eigenvalue weighted by molar-refractivity contribution is 0.102. The van der Waals surface area contributed by atoms with Crippen LogP contribution in [0.2, 0.25) is 0 Å². The zero-order chi connectivity index (χ0) is 23.7. The molecule has 2 N–H and O–H groups in total. The lowest BCUT2D eigenvalue weighted by Gasteiger charge is -2.35. The van der Waals surface area contributed by atoms with Gasteiger partial charge in [0.1, 0.15) is 17.1 Å². The highest BCUT2D eigenvalue weighted by molar-refractivity contribution is 6.10. The molecule has 3 aromatic rings. The van der Waals surface area contributed by atoms with E-state index >= 15 is 0 Å². The van der Waals surface area contributed by atoms with Crippen molar-refractivity contribution in [3.8, 4) is 5.75 Å². The molecule has 0 unspecified atom stereocenters. The van der Waals surface area contributed by atoms with Crippen LogP contribution in [0.25, 0.3) is 10.9 Å². The summed E-state index contributed by atoms with van der Waals surface area (Å²) < 4.78 is 15.6. The molecule has 0 bridgehead atoms. The lowest BCUT2D eigenvalue weighted by atomic mass is 10.1. The van der Waals surface area contributed by atoms with Crippen molar-refractivity contribution in [2.75, 3.05) is 43.4 Å². The summed E-state index contributed by atoms with van der Waals surface area (Å²) in [7, 11) is 2.04. The fourth-order valence-corrected chi connectivity index (χ4v) is 4.26. The standard InChI is InChI=1S/C25H29FN4O3/c1-16(2)15-30-20-7-5-4-6-18(20)23(31)22(25(30)33)24(32)27-19-14-17(26)8-9-21(19)29-12-10-28(3)11-13-29/h4-9,14,16,31H,10-13,15H2,1-3H3,(H,27,32). The van der Waals surface area contributed by atoms with Gasteiger partial charge in [0.2, 0.25) is 0 Å². The van der Waals surface area contributed by atoms with Crippen LogP contribution in [0.3, 0.4) is 0 Å². The van der Waals surface area contributed by atoms with E-state index in [1.165, 1.54) is 16.7 Å². The van der Waals surface area contributed by atoms with Gasteiger partial charge in [-0.15, -0.1) is 0 Å². The molecule has 2 aromatic carbocycles. The van der Waals surface area contributed by atoms with Gasteiger partial charge in [0.25, 0.3) is 11.5 Å². The Bertz CT molecular complexity index is 1250. The van der Waals surface area contributed by atoms with Gasteiger partial charge in [-0.1, -0.05) is 26.0 Å². The molecule has 0 radical (unpaired) electrons. The van der Waals surface area contributed by atoms with E-state index in [-0.39, 0.29) is 22.9 Å². The molecule has 0 spiro atoms. The zero-order valence-corrected chi connectivity index (χ0v) is 19.1. The number of hydrogen-bond donors (Lipinski definition) is 2. The number of para-hydroxylation sites is 1. The van der Waals surface area contributed by atoms with Crippen LogP contribution in [-0.4, -0.2) is 53.7 Å². The molecule has 1 aliphatic heterocycles. The van der Waals surface area contributed by atoms with Gasteiger partial charge in [-0.3, -0.25) is 9.59 Å². The Labute approximate surface area is 192 Å². The van der Waals surface area contributed by atoms with E-state index in [9.17, 15) is 19.1 Å². The second-order valence-electron chi connectivity index (χ2n) is 8.96. The number of amides is 1. The highest BCUT2D eigenvalue weighted by Crippen LogP contribution is 2.31. The number of nitrogens with one attached hydrogen (secondary N) is 1. The van der Waals surface area contributed by atoms with Gasteiger partial charge < -0.3 is 24.8 Å². The third-order valence-electron chi connectivity index (χ3n) is 5.97. The number of rotatable bonds is 5. The first-order valence-corrected chi connectivity index (χ1v) is 11.1. The third-order valence-corrected chi connectivity index (χ3v) is 5.97. The first-order chi connectivity index (χ1) is 15.8. The highest BCUT2D eigenvalue weighted by Gasteiger charge is 2.25. The normalized spacial score (nSPS) is 14.8. The van der Waals surface area contributed by atoms with Crippen LogP contribution in [0.15, 0.2) is 47.3 Å². The topological polar surface area (TPSA) is 77.8 Å². The SMILES string of the molecule is CC(C)Cn1c(=O)c(C(=O)Nc2cc(F)ccc2N2CCN(C)CC2)c(O)c2ccccc21. The highest BCUT2D eigenvalue weighted by atomic mass is 19.1. The molecule has 1 amide bonds. The van der Waals surface area contributed by atoms with E-state index in [1.807, 2.05) is 20.9 Å². The number of likely N-dealkylation sites (N-methyl/N-ethyl adjacent to an activating group) is 1. The molecule has 1 aliphatic rings. The number of aromatic nitrogens is 1. The van der Waals surface area contributed by atoms with Crippen LogP contribution in [0.1, 0.15) is 24.2 Å². The average Bonchev–Trinajstić information content (AvgIpc) is 2.77. The van der Waals surface area contributed by atoms with Gasteiger partial charge in [-0.05, 0) is 43.3 Å². The van der Waals surface area contributed by atoms with Gasteiger partial charge >= 0.3 is 0 Å². The van der Waals surface area contributed by atoms with E-state index in [2.05, 4.69) is 15.1 Å². The number of carbonyl (C=O) groups excluding carboxylic acids is 1. The average molecular weight is 453 g/mol. The lowest BCUT2D eigenvalue weighted by Crippen LogP contribution is -2.44. The number of benzene rings is 2. The first-order valence-electron chi connectivity index (χ1n) is 11.1. The van der Waals surface area contributed by atoms with Crippen LogP contribution in [0.5, 0.6) is 5.75 Å². The molecule has 0 atom stereocenters. The number of piperazine rings is 1. The molecule has 33 heavy (non-hydrogen) atoms. The molecule has 174 valence electrons. The van der Waals surface area contributed by atoms with Crippen molar-refractivity contribution in [2.45, 2.75) is 20.4 Å². The van der Waals surface area contributed by atoms with Crippen LogP contribution >= 0.6 is 0 Å². The largest absolute Gasteiger partial charge is 0.506 e. The Morgan fingerprint density at radius 1 is 1.12 bits per heavy atom. The second kappa shape index (κ2) is 9.23. The number of carbonyl (C=O) groups is 1. The van der Waals surface area contributed by atoms with Crippen molar-refractivity contribution in [1.29, 1.82) is 0 Å². The van der Waals surface area contributed by atoms with Crippen LogP contribution < -0.4 is 15.8 Å². The quantitative estimate of drug-likeness (QED) is 0.620. The summed E-state index contributed by atoms with van der Waals surface area (Å²) in [6, 6.07) is 11.2. The number of pyridine rings is 1. The van der Waals surface area contributed by atoms with E-state index in [4.69, 9.17) is 0 Å². The molecule has 4 rings (SSSR count). The molecule has 0 aliphatic carbocycles. The summed E-state index contributed by atoms with van der Waals surface area (Å²) in [6.45, 7) is 7.49. The number of anilines is 2. The summed E-state index contributed by atoms with van der Waals surface area (Å²) in [5, 5.41) is 14.0. The van der Waals surface area contributed by atoms with Gasteiger partial charge in [0.05, 0.1) is 16.9 Å². The van der Waals surface area contributed by atoms with Crippen molar-refractivity contribution >= 4 is 28.2 Å². The number of nitrogens with zero attached hydrogens (tertiary/aromatic N) is 3. The second-order valence-corrected chi connectivity index (χ2v) is 8.96. The van der Waals surface area contributed by atoms with Crippen molar-refractivity contribution in [3.63, 3.8) is 0 Å². The van der Waals surface area contributed by atoms with Crippen LogP contribution in [0.4, 0.5) is 15.8 Å². The number of hydrogen-bond acceptors (Lipinski definition) is 5. The molecule has 0 saturated carbocycles. The smallest absolute Gasteiger partial charge is 0.267 e. The third kappa shape index (κ3) is 4.57. The van der Waals surface area contributed by atoms with Crippen molar-refractivity contribution < 1.29 is 14.3 Å². The zero-order valence-electron chi connectivity index (χ0n) is 19.1. The Hall–Kier alpha value is -3.39. The van der Waals surface area contributed by atoms with E-state index < -0.39 is 17.3 Å². The van der Waals surface area contributed by atoms with Crippen LogP contribution in [0, 0.1) is 11.7 Å². The summed E-state index contributed by atoms with van der Waals surface area (Å²) in [4.78, 5) is 30.9. The fourth-order valence-electron chi connectivity index (χ4n) is 4.26. The van der Waals surface area contributed by atoms with Gasteiger partial charge in [0, 0.05) is 38.1 Å². The fraction of sp³-hybridized carbons (Fsp3) is 0.360. The molecule has 2 heterocycles. The predicted molar refractivity (Wildman–Crippen MR) is 129 cm³/mol. The van der Waals surface area contributed by atoms with Crippen molar-refractivity contribution in [1.82, 2.24) is 9.47 Å². The Morgan fingerprint density at radius 2 is 1.82 bits per heavy atom. The minimum absolute atomic E-state index is 0.151. The minimum Gasteiger partial charge on any atom is -0.506 e. The van der Waals surface area contributed by atoms with Gasteiger partial charge in [-0.25, -0.2) is 4.39 Å². The van der Waals surface area contributed by atoms with Crippen molar-refractivity contribution in [3.05, 3.63) is 64.2 Å². The maximum Gasteiger partial charge on any atom is 0.267 e. The molecule has 1 saturated heterocycles. The Morgan fingerprint density at radius 3 is 2.52 bits per heavy atom. The van der Waals surface area contributed by atoms with Crippen molar-refractivity contribution in [2.24, 2.45) is 5.92 Å². The van der Waals surface area contributed by atoms with E-state index in [1.54, 1.807) is 30.3 Å². The Balaban J connectivity index is 1.76. The molecule has 8 heteroatoms. The van der Waals surface area contributed by atoms with E-state index in [0.29, 0.717) is 23.1 Å². The monoisotopic (exact) mass is 452 g/mol. The first kappa shape index (κ1) is 22.8. The predicted octanol–water partition coefficient (Wildman–Crippen LogP) is 3.51. The van der Waals surface area contributed by atoms with E-state index in [0.717, 1.165) is 26.2 Å². The number of halogens is 1. The molecule has 7 nitrogen and oxygen atoms in total.